The fraction of sp³-hybridized carbons (Fsp3) is 0.533. The molecule has 0 N–H and O–H groups in total. The van der Waals surface area contributed by atoms with E-state index in [2.05, 4.69) is 12.1 Å². The van der Waals surface area contributed by atoms with E-state index in [0.717, 1.165) is 30.1 Å². The highest BCUT2D eigenvalue weighted by molar-refractivity contribution is 7.99. The smallest absolute Gasteiger partial charge is 0.162 e. The molecule has 3 nitrogen and oxygen atoms in total. The Hall–Kier alpha value is -1.34. The van der Waals surface area contributed by atoms with Crippen molar-refractivity contribution in [1.29, 1.82) is 5.26 Å². The summed E-state index contributed by atoms with van der Waals surface area (Å²) in [7, 11) is 0. The number of fused-ring (bicyclic) bond motifs is 1. The quantitative estimate of drug-likeness (QED) is 0.605. The maximum absolute atomic E-state index is 8.96. The Morgan fingerprint density at radius 2 is 2.00 bits per heavy atom. The molecule has 1 aliphatic rings. The standard InChI is InChI=1S/C15H19NO2S/c1-15(2,11-16)6-3-9-19-12-4-5-13-14(10-12)18-8-7-17-13/h4-5,10H,3,6-9H2,1-2H3. The Morgan fingerprint density at radius 3 is 2.74 bits per heavy atom. The van der Waals surface area contributed by atoms with Gasteiger partial charge in [-0.2, -0.15) is 5.26 Å². The van der Waals surface area contributed by atoms with E-state index in [9.17, 15) is 0 Å². The lowest BCUT2D eigenvalue weighted by molar-refractivity contribution is 0.171. The molecule has 1 heterocycles. The summed E-state index contributed by atoms with van der Waals surface area (Å²) in [6.45, 7) is 5.23. The molecule has 4 heteroatoms. The van der Waals surface area contributed by atoms with Crippen LogP contribution < -0.4 is 9.47 Å². The molecular weight excluding hydrogens is 258 g/mol. The zero-order valence-corrected chi connectivity index (χ0v) is 12.3. The molecule has 0 saturated carbocycles. The van der Waals surface area contributed by atoms with E-state index in [4.69, 9.17) is 14.7 Å². The zero-order chi connectivity index (χ0) is 13.7. The molecule has 1 aliphatic heterocycles. The van der Waals surface area contributed by atoms with E-state index in [-0.39, 0.29) is 5.41 Å². The van der Waals surface area contributed by atoms with Gasteiger partial charge in [-0.1, -0.05) is 0 Å². The Morgan fingerprint density at radius 1 is 1.26 bits per heavy atom. The SMILES string of the molecule is CC(C)(C#N)CCCSc1ccc2c(c1)OCCO2. The van der Waals surface area contributed by atoms with Crippen LogP contribution in [0.4, 0.5) is 0 Å². The van der Waals surface area contributed by atoms with Crippen molar-refractivity contribution in [3.63, 3.8) is 0 Å². The average molecular weight is 277 g/mol. The number of rotatable bonds is 5. The first-order chi connectivity index (χ1) is 9.11. The van der Waals surface area contributed by atoms with E-state index in [1.54, 1.807) is 11.8 Å². The second kappa shape index (κ2) is 6.21. The van der Waals surface area contributed by atoms with Gasteiger partial charge in [-0.3, -0.25) is 0 Å². The zero-order valence-electron chi connectivity index (χ0n) is 11.4. The van der Waals surface area contributed by atoms with Crippen molar-refractivity contribution in [2.75, 3.05) is 19.0 Å². The highest BCUT2D eigenvalue weighted by atomic mass is 32.2. The summed E-state index contributed by atoms with van der Waals surface area (Å²) in [4.78, 5) is 1.19. The molecule has 1 aromatic carbocycles. The summed E-state index contributed by atoms with van der Waals surface area (Å²) in [6.07, 6.45) is 1.97. The molecule has 0 spiro atoms. The summed E-state index contributed by atoms with van der Waals surface area (Å²) >= 11 is 1.80. The fourth-order valence-electron chi connectivity index (χ4n) is 1.87. The van der Waals surface area contributed by atoms with Crippen LogP contribution in [0.1, 0.15) is 26.7 Å². The monoisotopic (exact) mass is 277 g/mol. The number of hydrogen-bond donors (Lipinski definition) is 0. The van der Waals surface area contributed by atoms with E-state index in [0.29, 0.717) is 13.2 Å². The minimum Gasteiger partial charge on any atom is -0.486 e. The van der Waals surface area contributed by atoms with Crippen LogP contribution in [0.25, 0.3) is 0 Å². The molecule has 0 fully saturated rings. The molecule has 0 bridgehead atoms. The number of nitriles is 1. The second-order valence-electron chi connectivity index (χ2n) is 5.25. The molecule has 102 valence electrons. The van der Waals surface area contributed by atoms with Crippen LogP contribution in [0.3, 0.4) is 0 Å². The van der Waals surface area contributed by atoms with Crippen molar-refractivity contribution < 1.29 is 9.47 Å². The first kappa shape index (κ1) is 14.1. The Labute approximate surface area is 118 Å². The van der Waals surface area contributed by atoms with Gasteiger partial charge in [0.15, 0.2) is 11.5 Å². The lowest BCUT2D eigenvalue weighted by atomic mass is 9.90. The molecule has 0 unspecified atom stereocenters. The van der Waals surface area contributed by atoms with Crippen LogP contribution >= 0.6 is 11.8 Å². The fourth-order valence-corrected chi connectivity index (χ4v) is 2.75. The molecule has 1 aromatic rings. The molecule has 0 atom stereocenters. The van der Waals surface area contributed by atoms with E-state index >= 15 is 0 Å². The predicted octanol–water partition coefficient (Wildman–Crippen LogP) is 3.88. The third kappa shape index (κ3) is 4.07. The molecule has 0 aromatic heterocycles. The molecule has 0 radical (unpaired) electrons. The normalized spacial score (nSPS) is 13.9. The number of ether oxygens (including phenoxy) is 2. The van der Waals surface area contributed by atoms with E-state index < -0.39 is 0 Å². The minimum atomic E-state index is -0.215. The number of thioether (sulfide) groups is 1. The number of nitrogens with zero attached hydrogens (tertiary/aromatic N) is 1. The van der Waals surface area contributed by atoms with Crippen molar-refractivity contribution in [2.24, 2.45) is 5.41 Å². The van der Waals surface area contributed by atoms with E-state index in [1.807, 2.05) is 26.0 Å². The van der Waals surface area contributed by atoms with Gasteiger partial charge in [-0.05, 0) is 50.6 Å². The summed E-state index contributed by atoms with van der Waals surface area (Å²) in [5.41, 5.74) is -0.215. The van der Waals surface area contributed by atoms with Gasteiger partial charge in [0.2, 0.25) is 0 Å². The van der Waals surface area contributed by atoms with Gasteiger partial charge >= 0.3 is 0 Å². The van der Waals surface area contributed by atoms with Gasteiger partial charge in [0.1, 0.15) is 13.2 Å². The third-order valence-electron chi connectivity index (χ3n) is 3.03. The maximum Gasteiger partial charge on any atom is 0.162 e. The van der Waals surface area contributed by atoms with Crippen LogP contribution in [-0.2, 0) is 0 Å². The maximum atomic E-state index is 8.96. The highest BCUT2D eigenvalue weighted by Gasteiger charge is 2.16. The van der Waals surface area contributed by atoms with Crippen molar-refractivity contribution >= 4 is 11.8 Å². The van der Waals surface area contributed by atoms with Crippen molar-refractivity contribution in [2.45, 2.75) is 31.6 Å². The van der Waals surface area contributed by atoms with Crippen LogP contribution in [-0.4, -0.2) is 19.0 Å². The van der Waals surface area contributed by atoms with Gasteiger partial charge < -0.3 is 9.47 Å². The minimum absolute atomic E-state index is 0.215. The van der Waals surface area contributed by atoms with Crippen LogP contribution in [0, 0.1) is 16.7 Å². The largest absolute Gasteiger partial charge is 0.486 e. The lowest BCUT2D eigenvalue weighted by Crippen LogP contribution is -2.15. The molecular formula is C15H19NO2S. The Balaban J connectivity index is 1.82. The Bertz CT molecular complexity index is 480. The topological polar surface area (TPSA) is 42.2 Å². The van der Waals surface area contributed by atoms with Gasteiger partial charge in [0.25, 0.3) is 0 Å². The first-order valence-corrected chi connectivity index (χ1v) is 7.53. The highest BCUT2D eigenvalue weighted by Crippen LogP contribution is 2.34. The second-order valence-corrected chi connectivity index (χ2v) is 6.42. The summed E-state index contributed by atoms with van der Waals surface area (Å²) in [5.74, 6) is 2.69. The lowest BCUT2D eigenvalue weighted by Gasteiger charge is -2.19. The van der Waals surface area contributed by atoms with Crippen LogP contribution in [0.2, 0.25) is 0 Å². The third-order valence-corrected chi connectivity index (χ3v) is 4.11. The van der Waals surface area contributed by atoms with Gasteiger partial charge in [0, 0.05) is 4.90 Å². The van der Waals surface area contributed by atoms with Gasteiger partial charge in [-0.25, -0.2) is 0 Å². The van der Waals surface area contributed by atoms with Crippen molar-refractivity contribution in [1.82, 2.24) is 0 Å². The van der Waals surface area contributed by atoms with Crippen molar-refractivity contribution in [3.05, 3.63) is 18.2 Å². The number of hydrogen-bond acceptors (Lipinski definition) is 4. The van der Waals surface area contributed by atoms with E-state index in [1.165, 1.54) is 4.90 Å². The molecule has 0 aliphatic carbocycles. The summed E-state index contributed by atoms with van der Waals surface area (Å²) in [6, 6.07) is 8.40. The van der Waals surface area contributed by atoms with Crippen molar-refractivity contribution in [3.8, 4) is 17.6 Å². The predicted molar refractivity (Wildman–Crippen MR) is 76.8 cm³/mol. The molecule has 0 saturated heterocycles. The first-order valence-electron chi connectivity index (χ1n) is 6.54. The molecule has 2 rings (SSSR count). The molecule has 19 heavy (non-hydrogen) atoms. The Kier molecular flexibility index (Phi) is 4.60. The summed E-state index contributed by atoms with van der Waals surface area (Å²) < 4.78 is 11.1. The van der Waals surface area contributed by atoms with Gasteiger partial charge in [-0.15, -0.1) is 11.8 Å². The number of benzene rings is 1. The van der Waals surface area contributed by atoms with Gasteiger partial charge in [0.05, 0.1) is 11.5 Å². The van der Waals surface area contributed by atoms with Crippen LogP contribution in [0.5, 0.6) is 11.5 Å². The summed E-state index contributed by atoms with van der Waals surface area (Å²) in [5, 5.41) is 8.96. The molecule has 0 amide bonds. The average Bonchev–Trinajstić information content (AvgIpc) is 2.43. The van der Waals surface area contributed by atoms with Crippen LogP contribution in [0.15, 0.2) is 23.1 Å².